The van der Waals surface area contributed by atoms with E-state index in [1.54, 1.807) is 23.5 Å². The molecule has 0 fully saturated rings. The highest BCUT2D eigenvalue weighted by Crippen LogP contribution is 2.23. The number of furan rings is 1. The molecular formula is C11H6BrNO6. The van der Waals surface area contributed by atoms with Crippen molar-refractivity contribution in [3.63, 3.8) is 0 Å². The highest BCUT2D eigenvalue weighted by atomic mass is 79.9. The number of rotatable bonds is 1. The van der Waals surface area contributed by atoms with Crippen molar-refractivity contribution in [3.05, 3.63) is 34.5 Å². The highest BCUT2D eigenvalue weighted by molar-refractivity contribution is 9.10. The molecule has 2 rings (SSSR count). The Morgan fingerprint density at radius 2 is 2.00 bits per heavy atom. The van der Waals surface area contributed by atoms with Gasteiger partial charge in [0.1, 0.15) is 5.58 Å². The second-order valence-electron chi connectivity index (χ2n) is 3.40. The second-order valence-corrected chi connectivity index (χ2v) is 4.32. The van der Waals surface area contributed by atoms with Gasteiger partial charge in [-0.1, -0.05) is 15.9 Å². The molecule has 0 aliphatic rings. The van der Waals surface area contributed by atoms with Gasteiger partial charge in [-0.15, -0.1) is 0 Å². The molecule has 0 atom stereocenters. The quantitative estimate of drug-likeness (QED) is 0.616. The minimum atomic E-state index is -1.81. The zero-order chi connectivity index (χ0) is 14.0. The smallest absolute Gasteiger partial charge is 0.451 e. The van der Waals surface area contributed by atoms with Crippen molar-refractivity contribution >= 4 is 45.1 Å². The number of carbonyl (C=O) groups is 3. The molecule has 0 saturated carbocycles. The van der Waals surface area contributed by atoms with Gasteiger partial charge in [0.05, 0.1) is 0 Å². The normalized spacial score (nSPS) is 10.2. The standard InChI is InChI=1S/C11H6BrNO6/c12-6-1-2-7-5(3-6)4-8(18-7)9(14)13-10(15)19-11(16)17/h1-4H,(H,16,17)(H,13,14,15). The Morgan fingerprint density at radius 3 is 2.68 bits per heavy atom. The number of benzene rings is 1. The predicted molar refractivity (Wildman–Crippen MR) is 65.9 cm³/mol. The van der Waals surface area contributed by atoms with Crippen LogP contribution in [0, 0.1) is 0 Å². The van der Waals surface area contributed by atoms with E-state index in [1.807, 2.05) is 0 Å². The van der Waals surface area contributed by atoms with Crippen LogP contribution in [0.25, 0.3) is 11.0 Å². The number of carboxylic acid groups (broad SMARTS) is 1. The van der Waals surface area contributed by atoms with E-state index in [2.05, 4.69) is 20.7 Å². The lowest BCUT2D eigenvalue weighted by atomic mass is 10.2. The molecule has 1 aromatic heterocycles. The third-order valence-corrected chi connectivity index (χ3v) is 2.59. The van der Waals surface area contributed by atoms with Crippen LogP contribution in [0.4, 0.5) is 9.59 Å². The maximum Gasteiger partial charge on any atom is 0.514 e. The Balaban J connectivity index is 2.17. The van der Waals surface area contributed by atoms with Gasteiger partial charge in [-0.05, 0) is 24.3 Å². The Bertz CT molecular complexity index is 677. The first-order valence-corrected chi connectivity index (χ1v) is 5.70. The average Bonchev–Trinajstić information content (AvgIpc) is 2.70. The summed E-state index contributed by atoms with van der Waals surface area (Å²) in [6.45, 7) is 0. The number of nitrogens with one attached hydrogen (secondary N) is 1. The van der Waals surface area contributed by atoms with Crippen molar-refractivity contribution in [1.29, 1.82) is 0 Å². The van der Waals surface area contributed by atoms with E-state index in [1.165, 1.54) is 6.07 Å². The molecule has 8 heteroatoms. The average molecular weight is 328 g/mol. The van der Waals surface area contributed by atoms with Gasteiger partial charge in [-0.25, -0.2) is 9.59 Å². The van der Waals surface area contributed by atoms with Crippen LogP contribution in [-0.2, 0) is 4.74 Å². The monoisotopic (exact) mass is 327 g/mol. The van der Waals surface area contributed by atoms with Gasteiger partial charge in [-0.2, -0.15) is 0 Å². The van der Waals surface area contributed by atoms with E-state index in [0.29, 0.717) is 11.0 Å². The molecule has 7 nitrogen and oxygen atoms in total. The number of carbonyl (C=O) groups excluding carboxylic acids is 2. The molecule has 0 bridgehead atoms. The lowest BCUT2D eigenvalue weighted by Crippen LogP contribution is -2.31. The van der Waals surface area contributed by atoms with Crippen LogP contribution in [-0.4, -0.2) is 23.3 Å². The zero-order valence-corrected chi connectivity index (χ0v) is 10.8. The van der Waals surface area contributed by atoms with Crippen LogP contribution in [0.2, 0.25) is 0 Å². The minimum absolute atomic E-state index is 0.129. The lowest BCUT2D eigenvalue weighted by Gasteiger charge is -1.98. The van der Waals surface area contributed by atoms with Gasteiger partial charge in [0.2, 0.25) is 0 Å². The molecule has 19 heavy (non-hydrogen) atoms. The molecule has 0 aliphatic carbocycles. The summed E-state index contributed by atoms with van der Waals surface area (Å²) in [6.07, 6.45) is -3.20. The number of halogens is 1. The minimum Gasteiger partial charge on any atom is -0.451 e. The predicted octanol–water partition coefficient (Wildman–Crippen LogP) is 2.74. The number of ether oxygens (including phenoxy) is 1. The summed E-state index contributed by atoms with van der Waals surface area (Å²) >= 11 is 3.26. The first-order chi connectivity index (χ1) is 8.95. The van der Waals surface area contributed by atoms with Crippen molar-refractivity contribution in [3.8, 4) is 0 Å². The molecule has 0 unspecified atom stereocenters. The maximum atomic E-state index is 11.6. The fourth-order valence-corrected chi connectivity index (χ4v) is 1.76. The van der Waals surface area contributed by atoms with Crippen molar-refractivity contribution in [2.24, 2.45) is 0 Å². The summed E-state index contributed by atoms with van der Waals surface area (Å²) in [6, 6.07) is 6.52. The summed E-state index contributed by atoms with van der Waals surface area (Å²) < 4.78 is 9.74. The molecule has 0 saturated heterocycles. The zero-order valence-electron chi connectivity index (χ0n) is 9.18. The molecule has 2 aromatic rings. The van der Waals surface area contributed by atoms with Crippen molar-refractivity contribution in [2.75, 3.05) is 0 Å². The second kappa shape index (κ2) is 5.11. The van der Waals surface area contributed by atoms with E-state index in [9.17, 15) is 14.4 Å². The fourth-order valence-electron chi connectivity index (χ4n) is 1.39. The third kappa shape index (κ3) is 3.10. The Labute approximate surface area is 114 Å². The van der Waals surface area contributed by atoms with Crippen LogP contribution >= 0.6 is 15.9 Å². The van der Waals surface area contributed by atoms with E-state index in [0.717, 1.165) is 4.47 Å². The molecule has 0 radical (unpaired) electrons. The van der Waals surface area contributed by atoms with Gasteiger partial charge in [0.25, 0.3) is 5.91 Å². The van der Waals surface area contributed by atoms with Crippen molar-refractivity contribution < 1.29 is 28.6 Å². The number of hydrogen-bond acceptors (Lipinski definition) is 5. The van der Waals surface area contributed by atoms with Gasteiger partial charge in [0, 0.05) is 9.86 Å². The van der Waals surface area contributed by atoms with Gasteiger partial charge in [0.15, 0.2) is 5.76 Å². The first kappa shape index (κ1) is 13.1. The molecule has 0 spiro atoms. The van der Waals surface area contributed by atoms with Crippen LogP contribution < -0.4 is 5.32 Å². The van der Waals surface area contributed by atoms with Gasteiger partial charge < -0.3 is 14.3 Å². The summed E-state index contributed by atoms with van der Waals surface area (Å²) in [7, 11) is 0. The van der Waals surface area contributed by atoms with Gasteiger partial charge in [-0.3, -0.25) is 10.1 Å². The highest BCUT2D eigenvalue weighted by Gasteiger charge is 2.17. The van der Waals surface area contributed by atoms with E-state index in [4.69, 9.17) is 9.52 Å². The number of fused-ring (bicyclic) bond motifs is 1. The summed E-state index contributed by atoms with van der Waals surface area (Å²) in [5, 5.41) is 10.6. The largest absolute Gasteiger partial charge is 0.514 e. The number of imide groups is 1. The van der Waals surface area contributed by atoms with E-state index >= 15 is 0 Å². The topological polar surface area (TPSA) is 106 Å². The maximum absolute atomic E-state index is 11.6. The summed E-state index contributed by atoms with van der Waals surface area (Å²) in [5.41, 5.74) is 0.458. The van der Waals surface area contributed by atoms with Crippen LogP contribution in [0.1, 0.15) is 10.6 Å². The van der Waals surface area contributed by atoms with Crippen LogP contribution in [0.15, 0.2) is 33.2 Å². The summed E-state index contributed by atoms with van der Waals surface area (Å²) in [4.78, 5) is 32.6. The molecule has 98 valence electrons. The van der Waals surface area contributed by atoms with Gasteiger partial charge >= 0.3 is 12.2 Å². The number of alkyl carbamates (subject to hydrolysis) is 1. The Hall–Kier alpha value is -2.35. The SMILES string of the molecule is O=C(O)OC(=O)NC(=O)c1cc2cc(Br)ccc2o1. The molecule has 2 N–H and O–H groups in total. The molecular weight excluding hydrogens is 322 g/mol. The fraction of sp³-hybridized carbons (Fsp3) is 0. The third-order valence-electron chi connectivity index (χ3n) is 2.10. The van der Waals surface area contributed by atoms with Crippen LogP contribution in [0.5, 0.6) is 0 Å². The first-order valence-electron chi connectivity index (χ1n) is 4.91. The summed E-state index contributed by atoms with van der Waals surface area (Å²) in [5.74, 6) is -1.02. The lowest BCUT2D eigenvalue weighted by molar-refractivity contribution is 0.0880. The molecule has 0 aliphatic heterocycles. The van der Waals surface area contributed by atoms with E-state index < -0.39 is 18.2 Å². The molecule has 2 amide bonds. The molecule has 1 heterocycles. The van der Waals surface area contributed by atoms with E-state index in [-0.39, 0.29) is 5.76 Å². The van der Waals surface area contributed by atoms with Crippen LogP contribution in [0.3, 0.4) is 0 Å². The molecule has 1 aromatic carbocycles. The number of hydrogen-bond donors (Lipinski definition) is 2. The van der Waals surface area contributed by atoms with Crippen molar-refractivity contribution in [1.82, 2.24) is 5.32 Å². The van der Waals surface area contributed by atoms with Crippen molar-refractivity contribution in [2.45, 2.75) is 0 Å². The Morgan fingerprint density at radius 1 is 1.26 bits per heavy atom. The Kier molecular flexibility index (Phi) is 3.52. The number of amides is 2.